The number of aromatic nitrogens is 2. The lowest BCUT2D eigenvalue weighted by Crippen LogP contribution is -2.30. The summed E-state index contributed by atoms with van der Waals surface area (Å²) in [6.45, 7) is 0.643. The Balaban J connectivity index is 1.42. The van der Waals surface area contributed by atoms with Crippen molar-refractivity contribution >= 4 is 16.7 Å². The lowest BCUT2D eigenvalue weighted by atomic mass is 10.1. The summed E-state index contributed by atoms with van der Waals surface area (Å²) < 4.78 is 18.6. The summed E-state index contributed by atoms with van der Waals surface area (Å²) >= 11 is 0. The zero-order valence-electron chi connectivity index (χ0n) is 15.6. The van der Waals surface area contributed by atoms with Gasteiger partial charge in [0.1, 0.15) is 11.9 Å². The largest absolute Gasteiger partial charge is 0.337 e. The average molecular weight is 387 g/mol. The molecule has 0 spiro atoms. The number of fused-ring (bicyclic) bond motifs is 1. The molecule has 4 aromatic rings. The Morgan fingerprint density at radius 1 is 1.03 bits per heavy atom. The number of nitrogens with zero attached hydrogens (tertiary/aromatic N) is 3. The smallest absolute Gasteiger partial charge is 0.254 e. The van der Waals surface area contributed by atoms with Gasteiger partial charge in [-0.2, -0.15) is 4.98 Å². The number of carbonyl (C=O) groups excluding carboxylic acids is 1. The summed E-state index contributed by atoms with van der Waals surface area (Å²) in [5.41, 5.74) is 1.32. The predicted octanol–water partition coefficient (Wildman–Crippen LogP) is 5.01. The van der Waals surface area contributed by atoms with Crippen molar-refractivity contribution in [2.75, 3.05) is 6.54 Å². The van der Waals surface area contributed by atoms with E-state index in [0.717, 1.165) is 23.6 Å². The quantitative estimate of drug-likeness (QED) is 0.496. The van der Waals surface area contributed by atoms with Crippen molar-refractivity contribution < 1.29 is 13.7 Å². The summed E-state index contributed by atoms with van der Waals surface area (Å²) in [5.74, 6) is 0.446. The van der Waals surface area contributed by atoms with Gasteiger partial charge in [0, 0.05) is 17.7 Å². The van der Waals surface area contributed by atoms with Crippen molar-refractivity contribution in [2.24, 2.45) is 0 Å². The van der Waals surface area contributed by atoms with Gasteiger partial charge >= 0.3 is 0 Å². The van der Waals surface area contributed by atoms with Gasteiger partial charge in [-0.05, 0) is 60.0 Å². The number of hydrogen-bond acceptors (Lipinski definition) is 4. The topological polar surface area (TPSA) is 59.2 Å². The average Bonchev–Trinajstić information content (AvgIpc) is 3.43. The molecule has 1 aliphatic heterocycles. The van der Waals surface area contributed by atoms with Gasteiger partial charge < -0.3 is 9.42 Å². The molecule has 0 radical (unpaired) electrons. The van der Waals surface area contributed by atoms with E-state index in [4.69, 9.17) is 4.52 Å². The third kappa shape index (κ3) is 3.27. The van der Waals surface area contributed by atoms with E-state index in [1.54, 1.807) is 17.0 Å². The molecule has 29 heavy (non-hydrogen) atoms. The molecular formula is C23H18FN3O2. The van der Waals surface area contributed by atoms with Crippen LogP contribution in [-0.4, -0.2) is 27.5 Å². The van der Waals surface area contributed by atoms with Gasteiger partial charge in [-0.3, -0.25) is 4.79 Å². The summed E-state index contributed by atoms with van der Waals surface area (Å²) in [6, 6.07) is 19.4. The van der Waals surface area contributed by atoms with Crippen molar-refractivity contribution in [3.05, 3.63) is 84.0 Å². The first-order valence-corrected chi connectivity index (χ1v) is 9.58. The van der Waals surface area contributed by atoms with Crippen LogP contribution in [0.25, 0.3) is 22.2 Å². The van der Waals surface area contributed by atoms with Crippen LogP contribution in [0.3, 0.4) is 0 Å². The van der Waals surface area contributed by atoms with Crippen LogP contribution in [0.1, 0.15) is 35.1 Å². The zero-order chi connectivity index (χ0) is 19.8. The third-order valence-corrected chi connectivity index (χ3v) is 5.34. The molecule has 5 rings (SSSR count). The zero-order valence-corrected chi connectivity index (χ0v) is 15.6. The van der Waals surface area contributed by atoms with Crippen LogP contribution in [0.5, 0.6) is 0 Å². The van der Waals surface area contributed by atoms with Crippen molar-refractivity contribution in [2.45, 2.75) is 18.9 Å². The standard InChI is InChI=1S/C23H18FN3O2/c24-19-11-9-16(10-12-19)21-25-22(29-26-21)20-6-3-13-27(20)23(28)18-8-7-15-4-1-2-5-17(15)14-18/h1-2,4-5,7-12,14,20H,3,6,13H2. The normalized spacial score (nSPS) is 16.4. The van der Waals surface area contributed by atoms with Gasteiger partial charge in [0.25, 0.3) is 5.91 Å². The van der Waals surface area contributed by atoms with E-state index < -0.39 is 0 Å². The molecule has 1 atom stereocenters. The lowest BCUT2D eigenvalue weighted by molar-refractivity contribution is 0.0710. The minimum absolute atomic E-state index is 0.0419. The summed E-state index contributed by atoms with van der Waals surface area (Å²) in [4.78, 5) is 19.5. The first kappa shape index (κ1) is 17.6. The van der Waals surface area contributed by atoms with Crippen LogP contribution >= 0.6 is 0 Å². The molecule has 1 fully saturated rings. The highest BCUT2D eigenvalue weighted by molar-refractivity contribution is 5.98. The second kappa shape index (κ2) is 7.13. The maximum absolute atomic E-state index is 13.2. The van der Waals surface area contributed by atoms with E-state index in [2.05, 4.69) is 10.1 Å². The fraction of sp³-hybridized carbons (Fsp3) is 0.174. The van der Waals surface area contributed by atoms with Gasteiger partial charge in [0.15, 0.2) is 0 Å². The van der Waals surface area contributed by atoms with Gasteiger partial charge in [0.2, 0.25) is 11.7 Å². The van der Waals surface area contributed by atoms with Crippen molar-refractivity contribution in [1.82, 2.24) is 15.0 Å². The fourth-order valence-corrected chi connectivity index (χ4v) is 3.84. The highest BCUT2D eigenvalue weighted by Gasteiger charge is 2.34. The minimum atomic E-state index is -0.319. The van der Waals surface area contributed by atoms with Gasteiger partial charge in [-0.15, -0.1) is 0 Å². The fourth-order valence-electron chi connectivity index (χ4n) is 3.84. The van der Waals surface area contributed by atoms with Gasteiger partial charge in [-0.1, -0.05) is 35.5 Å². The maximum atomic E-state index is 13.2. The number of likely N-dealkylation sites (tertiary alicyclic amines) is 1. The molecule has 1 amide bonds. The molecule has 3 aromatic carbocycles. The second-order valence-electron chi connectivity index (χ2n) is 7.18. The van der Waals surface area contributed by atoms with Crippen molar-refractivity contribution in [3.8, 4) is 11.4 Å². The number of halogens is 1. The number of carbonyl (C=O) groups is 1. The molecule has 6 heteroatoms. The molecule has 2 heterocycles. The molecule has 1 aromatic heterocycles. The molecule has 1 aliphatic rings. The SMILES string of the molecule is O=C(c1ccc2ccccc2c1)N1CCCC1c1nc(-c2ccc(F)cc2)no1. The molecule has 144 valence electrons. The van der Waals surface area contributed by atoms with Crippen LogP contribution in [0, 0.1) is 5.82 Å². The second-order valence-corrected chi connectivity index (χ2v) is 7.18. The number of amides is 1. The Kier molecular flexibility index (Phi) is 4.31. The highest BCUT2D eigenvalue weighted by Crippen LogP contribution is 2.33. The van der Waals surface area contributed by atoms with Crippen LogP contribution in [0.2, 0.25) is 0 Å². The van der Waals surface area contributed by atoms with Gasteiger partial charge in [-0.25, -0.2) is 4.39 Å². The monoisotopic (exact) mass is 387 g/mol. The first-order valence-electron chi connectivity index (χ1n) is 9.58. The van der Waals surface area contributed by atoms with E-state index in [1.165, 1.54) is 12.1 Å². The van der Waals surface area contributed by atoms with Crippen LogP contribution < -0.4 is 0 Å². The number of hydrogen-bond donors (Lipinski definition) is 0. The van der Waals surface area contributed by atoms with Crippen LogP contribution in [0.15, 0.2) is 71.3 Å². The Morgan fingerprint density at radius 3 is 2.66 bits per heavy atom. The Labute approximate surface area is 166 Å². The predicted molar refractivity (Wildman–Crippen MR) is 107 cm³/mol. The van der Waals surface area contributed by atoms with Crippen LogP contribution in [-0.2, 0) is 0 Å². The Bertz CT molecular complexity index is 1190. The van der Waals surface area contributed by atoms with E-state index in [9.17, 15) is 9.18 Å². The molecular weight excluding hydrogens is 369 g/mol. The van der Waals surface area contributed by atoms with Crippen molar-refractivity contribution in [3.63, 3.8) is 0 Å². The summed E-state index contributed by atoms with van der Waals surface area (Å²) in [5, 5.41) is 6.15. The molecule has 0 N–H and O–H groups in total. The first-order chi connectivity index (χ1) is 14.2. The molecule has 0 aliphatic carbocycles. The lowest BCUT2D eigenvalue weighted by Gasteiger charge is -2.22. The molecule has 0 bridgehead atoms. The van der Waals surface area contributed by atoms with E-state index >= 15 is 0 Å². The Hall–Kier alpha value is -3.54. The van der Waals surface area contributed by atoms with Gasteiger partial charge in [0.05, 0.1) is 0 Å². The highest BCUT2D eigenvalue weighted by atomic mass is 19.1. The summed E-state index contributed by atoms with van der Waals surface area (Å²) in [6.07, 6.45) is 1.64. The number of rotatable bonds is 3. The molecule has 0 saturated carbocycles. The number of benzene rings is 3. The minimum Gasteiger partial charge on any atom is -0.337 e. The van der Waals surface area contributed by atoms with E-state index in [-0.39, 0.29) is 17.8 Å². The van der Waals surface area contributed by atoms with Crippen molar-refractivity contribution in [1.29, 1.82) is 0 Å². The van der Waals surface area contributed by atoms with E-state index in [0.29, 0.717) is 29.4 Å². The Morgan fingerprint density at radius 2 is 1.83 bits per heavy atom. The molecule has 5 nitrogen and oxygen atoms in total. The molecule has 1 unspecified atom stereocenters. The van der Waals surface area contributed by atoms with E-state index in [1.807, 2.05) is 42.5 Å². The maximum Gasteiger partial charge on any atom is 0.254 e. The summed E-state index contributed by atoms with van der Waals surface area (Å²) in [7, 11) is 0. The molecule has 1 saturated heterocycles. The van der Waals surface area contributed by atoms with Crippen LogP contribution in [0.4, 0.5) is 4.39 Å². The third-order valence-electron chi connectivity index (χ3n) is 5.34.